The Morgan fingerprint density at radius 1 is 1.48 bits per heavy atom. The van der Waals surface area contributed by atoms with Crippen molar-refractivity contribution in [3.8, 4) is 0 Å². The minimum absolute atomic E-state index is 0.0565. The number of oxazole rings is 1. The maximum atomic E-state index is 10.8. The van der Waals surface area contributed by atoms with Crippen LogP contribution >= 0.6 is 0 Å². The Labute approximate surface area is 123 Å². The maximum Gasteiger partial charge on any atom is 0.357 e. The molecule has 112 valence electrons. The van der Waals surface area contributed by atoms with Gasteiger partial charge in [-0.05, 0) is 23.5 Å². The molecule has 0 amide bonds. The number of pyridine rings is 1. The first kappa shape index (κ1) is 15.0. The van der Waals surface area contributed by atoms with Crippen molar-refractivity contribution in [3.63, 3.8) is 0 Å². The summed E-state index contributed by atoms with van der Waals surface area (Å²) in [5.74, 6) is -1.11. The summed E-state index contributed by atoms with van der Waals surface area (Å²) in [4.78, 5) is 18.9. The lowest BCUT2D eigenvalue weighted by Gasteiger charge is -2.26. The van der Waals surface area contributed by atoms with Crippen LogP contribution in [0.25, 0.3) is 0 Å². The fraction of sp³-hybridized carbons (Fsp3) is 0.400. The molecule has 2 aromatic heterocycles. The van der Waals surface area contributed by atoms with E-state index in [-0.39, 0.29) is 23.2 Å². The van der Waals surface area contributed by atoms with Crippen LogP contribution in [0, 0.1) is 5.41 Å². The minimum atomic E-state index is -1.11. The van der Waals surface area contributed by atoms with Crippen LogP contribution in [-0.4, -0.2) is 21.0 Å². The van der Waals surface area contributed by atoms with Crippen LogP contribution in [0.3, 0.4) is 0 Å². The zero-order chi connectivity index (χ0) is 15.5. The number of nitrogens with one attached hydrogen (secondary N) is 1. The lowest BCUT2D eigenvalue weighted by molar-refractivity contribution is 0.0690. The van der Waals surface area contributed by atoms with Crippen molar-refractivity contribution in [2.24, 2.45) is 5.41 Å². The molecule has 0 aliphatic rings. The summed E-state index contributed by atoms with van der Waals surface area (Å²) < 4.78 is 5.17. The maximum absolute atomic E-state index is 10.8. The number of carboxylic acids is 1. The van der Waals surface area contributed by atoms with Crippen LogP contribution in [0.5, 0.6) is 0 Å². The van der Waals surface area contributed by atoms with Gasteiger partial charge in [-0.3, -0.25) is 4.98 Å². The molecule has 0 fully saturated rings. The van der Waals surface area contributed by atoms with Crippen molar-refractivity contribution < 1.29 is 14.3 Å². The lowest BCUT2D eigenvalue weighted by atomic mass is 9.86. The first-order valence-corrected chi connectivity index (χ1v) is 6.70. The number of nitrogens with zero attached hydrogens (tertiary/aromatic N) is 2. The largest absolute Gasteiger partial charge is 0.476 e. The highest BCUT2D eigenvalue weighted by Crippen LogP contribution is 2.31. The van der Waals surface area contributed by atoms with Gasteiger partial charge in [-0.2, -0.15) is 4.98 Å². The average molecular weight is 289 g/mol. The predicted molar refractivity (Wildman–Crippen MR) is 78.1 cm³/mol. The van der Waals surface area contributed by atoms with Gasteiger partial charge in [-0.15, -0.1) is 0 Å². The first-order valence-electron chi connectivity index (χ1n) is 6.70. The second-order valence-electron chi connectivity index (χ2n) is 6.09. The highest BCUT2D eigenvalue weighted by atomic mass is 16.4. The number of hydrogen-bond acceptors (Lipinski definition) is 5. The second kappa shape index (κ2) is 5.95. The summed E-state index contributed by atoms with van der Waals surface area (Å²) in [5.41, 5.74) is 0.969. The van der Waals surface area contributed by atoms with E-state index in [1.807, 2.05) is 12.1 Å². The third-order valence-electron chi connectivity index (χ3n) is 2.92. The molecule has 21 heavy (non-hydrogen) atoms. The summed E-state index contributed by atoms with van der Waals surface area (Å²) in [6.45, 7) is 6.41. The molecule has 2 N–H and O–H groups in total. The lowest BCUT2D eigenvalue weighted by Crippen LogP contribution is -2.19. The smallest absolute Gasteiger partial charge is 0.357 e. The van der Waals surface area contributed by atoms with Crippen LogP contribution in [0.4, 0.5) is 6.01 Å². The molecular weight excluding hydrogens is 270 g/mol. The predicted octanol–water partition coefficient (Wildman–Crippen LogP) is 3.36. The van der Waals surface area contributed by atoms with Gasteiger partial charge >= 0.3 is 5.97 Å². The van der Waals surface area contributed by atoms with E-state index in [2.05, 4.69) is 36.1 Å². The molecule has 1 atom stereocenters. The number of carbonyl (C=O) groups is 1. The zero-order valence-electron chi connectivity index (χ0n) is 12.3. The Hall–Kier alpha value is -2.37. The standard InChI is InChI=1S/C15H19N3O3/c1-15(2,3)7-11(10-5-4-6-16-8-10)17-14-18-12(9-21-14)13(19)20/h4-6,8-9,11H,7H2,1-3H3,(H,17,18)(H,19,20). The SMILES string of the molecule is CC(C)(C)CC(Nc1nc(C(=O)O)co1)c1cccnc1. The third kappa shape index (κ3) is 4.30. The Morgan fingerprint density at radius 2 is 2.24 bits per heavy atom. The monoisotopic (exact) mass is 289 g/mol. The van der Waals surface area contributed by atoms with Crippen LogP contribution < -0.4 is 5.32 Å². The molecule has 6 nitrogen and oxygen atoms in total. The molecule has 6 heteroatoms. The molecule has 0 saturated heterocycles. The van der Waals surface area contributed by atoms with Crippen LogP contribution in [0.1, 0.15) is 49.3 Å². The van der Waals surface area contributed by atoms with Crippen molar-refractivity contribution in [2.45, 2.75) is 33.2 Å². The van der Waals surface area contributed by atoms with Crippen molar-refractivity contribution in [1.82, 2.24) is 9.97 Å². The Kier molecular flexibility index (Phi) is 4.26. The fourth-order valence-electron chi connectivity index (χ4n) is 2.03. The van der Waals surface area contributed by atoms with Gasteiger partial charge in [0.1, 0.15) is 6.26 Å². The first-order chi connectivity index (χ1) is 9.85. The van der Waals surface area contributed by atoms with E-state index < -0.39 is 5.97 Å². The molecule has 0 aromatic carbocycles. The zero-order valence-corrected chi connectivity index (χ0v) is 12.3. The third-order valence-corrected chi connectivity index (χ3v) is 2.92. The van der Waals surface area contributed by atoms with Crippen molar-refractivity contribution in [2.75, 3.05) is 5.32 Å². The van der Waals surface area contributed by atoms with Crippen LogP contribution in [0.2, 0.25) is 0 Å². The quantitative estimate of drug-likeness (QED) is 0.877. The molecule has 2 heterocycles. The van der Waals surface area contributed by atoms with Gasteiger partial charge in [0.2, 0.25) is 0 Å². The van der Waals surface area contributed by atoms with Crippen molar-refractivity contribution in [3.05, 3.63) is 42.0 Å². The van der Waals surface area contributed by atoms with Gasteiger partial charge in [-0.1, -0.05) is 26.8 Å². The van der Waals surface area contributed by atoms with E-state index in [0.29, 0.717) is 0 Å². The van der Waals surface area contributed by atoms with Gasteiger partial charge < -0.3 is 14.8 Å². The van der Waals surface area contributed by atoms with Gasteiger partial charge in [0, 0.05) is 12.4 Å². The molecule has 0 spiro atoms. The van der Waals surface area contributed by atoms with E-state index in [9.17, 15) is 4.79 Å². The van der Waals surface area contributed by atoms with E-state index >= 15 is 0 Å². The summed E-state index contributed by atoms with van der Waals surface area (Å²) in [6, 6.07) is 3.98. The van der Waals surface area contributed by atoms with Gasteiger partial charge in [0.15, 0.2) is 5.69 Å². The number of carboxylic acid groups (broad SMARTS) is 1. The molecular formula is C15H19N3O3. The molecule has 2 aromatic rings. The van der Waals surface area contributed by atoms with E-state index in [1.165, 1.54) is 0 Å². The molecule has 0 bridgehead atoms. The molecule has 2 rings (SSSR count). The summed E-state index contributed by atoms with van der Waals surface area (Å²) in [7, 11) is 0. The summed E-state index contributed by atoms with van der Waals surface area (Å²) in [6.07, 6.45) is 5.45. The highest BCUT2D eigenvalue weighted by Gasteiger charge is 2.22. The average Bonchev–Trinajstić information content (AvgIpc) is 2.86. The Balaban J connectivity index is 2.21. The minimum Gasteiger partial charge on any atom is -0.476 e. The van der Waals surface area contributed by atoms with Gasteiger partial charge in [-0.25, -0.2) is 4.79 Å². The summed E-state index contributed by atoms with van der Waals surface area (Å²) in [5, 5.41) is 12.0. The van der Waals surface area contributed by atoms with E-state index in [0.717, 1.165) is 18.2 Å². The Morgan fingerprint density at radius 3 is 2.76 bits per heavy atom. The topological polar surface area (TPSA) is 88.2 Å². The summed E-state index contributed by atoms with van der Waals surface area (Å²) >= 11 is 0. The molecule has 0 aliphatic carbocycles. The van der Waals surface area contributed by atoms with Crippen LogP contribution in [0.15, 0.2) is 35.2 Å². The Bertz CT molecular complexity index is 602. The van der Waals surface area contributed by atoms with Crippen LogP contribution in [-0.2, 0) is 0 Å². The fourth-order valence-corrected chi connectivity index (χ4v) is 2.03. The number of rotatable bonds is 5. The number of hydrogen-bond donors (Lipinski definition) is 2. The van der Waals surface area contributed by atoms with E-state index in [1.54, 1.807) is 12.4 Å². The second-order valence-corrected chi connectivity index (χ2v) is 6.09. The van der Waals surface area contributed by atoms with Crippen molar-refractivity contribution >= 4 is 12.0 Å². The highest BCUT2D eigenvalue weighted by molar-refractivity contribution is 5.85. The van der Waals surface area contributed by atoms with Crippen molar-refractivity contribution in [1.29, 1.82) is 0 Å². The number of aromatic nitrogens is 2. The molecule has 1 unspecified atom stereocenters. The van der Waals surface area contributed by atoms with Gasteiger partial charge in [0.25, 0.3) is 6.01 Å². The molecule has 0 aliphatic heterocycles. The normalized spacial score (nSPS) is 12.9. The molecule has 0 radical (unpaired) electrons. The van der Waals surface area contributed by atoms with E-state index in [4.69, 9.17) is 9.52 Å². The van der Waals surface area contributed by atoms with Gasteiger partial charge in [0.05, 0.1) is 6.04 Å². The molecule has 0 saturated carbocycles. The number of anilines is 1. The number of aromatic carboxylic acids is 1.